The van der Waals surface area contributed by atoms with E-state index in [2.05, 4.69) is 0 Å². The molecule has 0 spiro atoms. The SMILES string of the molecule is C[C@@H](N)COC(C)(C)C.Cl. The van der Waals surface area contributed by atoms with Gasteiger partial charge < -0.3 is 10.5 Å². The Morgan fingerprint density at radius 2 is 1.80 bits per heavy atom. The van der Waals surface area contributed by atoms with E-state index >= 15 is 0 Å². The highest BCUT2D eigenvalue weighted by molar-refractivity contribution is 5.85. The number of halogens is 1. The van der Waals surface area contributed by atoms with Gasteiger partial charge in [-0.25, -0.2) is 0 Å². The lowest BCUT2D eigenvalue weighted by molar-refractivity contribution is -0.00796. The summed E-state index contributed by atoms with van der Waals surface area (Å²) in [6.45, 7) is 8.65. The van der Waals surface area contributed by atoms with E-state index in [1.54, 1.807) is 0 Å². The Morgan fingerprint density at radius 1 is 1.40 bits per heavy atom. The fraction of sp³-hybridized carbons (Fsp3) is 1.00. The van der Waals surface area contributed by atoms with Crippen LogP contribution in [0, 0.1) is 0 Å². The van der Waals surface area contributed by atoms with Crippen LogP contribution in [0.2, 0.25) is 0 Å². The predicted octanol–water partition coefficient (Wildman–Crippen LogP) is 1.57. The number of hydrogen-bond donors (Lipinski definition) is 1. The molecule has 3 heteroatoms. The quantitative estimate of drug-likeness (QED) is 0.678. The first-order valence-corrected chi connectivity index (χ1v) is 3.31. The van der Waals surface area contributed by atoms with Gasteiger partial charge in [0.05, 0.1) is 12.2 Å². The molecule has 0 aliphatic carbocycles. The summed E-state index contributed by atoms with van der Waals surface area (Å²) in [5.74, 6) is 0. The van der Waals surface area contributed by atoms with E-state index in [4.69, 9.17) is 10.5 Å². The van der Waals surface area contributed by atoms with Crippen molar-refractivity contribution in [2.75, 3.05) is 6.61 Å². The van der Waals surface area contributed by atoms with E-state index in [1.165, 1.54) is 0 Å². The third kappa shape index (κ3) is 11.1. The van der Waals surface area contributed by atoms with Crippen molar-refractivity contribution in [2.45, 2.75) is 39.3 Å². The Bertz CT molecular complexity index is 78.2. The minimum absolute atomic E-state index is 0. The zero-order chi connectivity index (χ0) is 7.49. The smallest absolute Gasteiger partial charge is 0.0621 e. The maximum atomic E-state index is 5.47. The molecule has 0 saturated heterocycles. The normalized spacial score (nSPS) is 14.1. The van der Waals surface area contributed by atoms with E-state index in [0.717, 1.165) is 0 Å². The molecule has 0 heterocycles. The van der Waals surface area contributed by atoms with Crippen LogP contribution in [0.15, 0.2) is 0 Å². The molecule has 2 nitrogen and oxygen atoms in total. The topological polar surface area (TPSA) is 35.2 Å². The van der Waals surface area contributed by atoms with Crippen LogP contribution in [0.1, 0.15) is 27.7 Å². The molecule has 64 valence electrons. The van der Waals surface area contributed by atoms with E-state index < -0.39 is 0 Å². The first kappa shape index (κ1) is 12.8. The average Bonchev–Trinajstić information content (AvgIpc) is 1.59. The second-order valence-corrected chi connectivity index (χ2v) is 3.40. The van der Waals surface area contributed by atoms with Crippen LogP contribution in [0.25, 0.3) is 0 Å². The standard InChI is InChI=1S/C7H17NO.ClH/c1-6(8)5-9-7(2,3)4;/h6H,5,8H2,1-4H3;1H/t6-;/m1./s1. The summed E-state index contributed by atoms with van der Waals surface area (Å²) in [5, 5.41) is 0. The van der Waals surface area contributed by atoms with Crippen molar-refractivity contribution in [1.82, 2.24) is 0 Å². The predicted molar refractivity (Wildman–Crippen MR) is 46.6 cm³/mol. The monoisotopic (exact) mass is 167 g/mol. The van der Waals surface area contributed by atoms with Gasteiger partial charge in [0.25, 0.3) is 0 Å². The summed E-state index contributed by atoms with van der Waals surface area (Å²) in [6.07, 6.45) is 0. The number of rotatable bonds is 2. The molecule has 0 aromatic rings. The summed E-state index contributed by atoms with van der Waals surface area (Å²) >= 11 is 0. The molecule has 2 N–H and O–H groups in total. The summed E-state index contributed by atoms with van der Waals surface area (Å²) in [5.41, 5.74) is 5.43. The van der Waals surface area contributed by atoms with Crippen LogP contribution in [0.4, 0.5) is 0 Å². The van der Waals surface area contributed by atoms with E-state index in [1.807, 2.05) is 27.7 Å². The fourth-order valence-corrected chi connectivity index (χ4v) is 0.381. The molecule has 0 aliphatic rings. The van der Waals surface area contributed by atoms with Crippen molar-refractivity contribution in [3.05, 3.63) is 0 Å². The molecule has 1 atom stereocenters. The average molecular weight is 168 g/mol. The van der Waals surface area contributed by atoms with E-state index in [-0.39, 0.29) is 24.0 Å². The van der Waals surface area contributed by atoms with Crippen molar-refractivity contribution in [1.29, 1.82) is 0 Å². The van der Waals surface area contributed by atoms with Crippen molar-refractivity contribution in [3.8, 4) is 0 Å². The van der Waals surface area contributed by atoms with Crippen molar-refractivity contribution < 1.29 is 4.74 Å². The maximum Gasteiger partial charge on any atom is 0.0621 e. The second kappa shape index (κ2) is 4.94. The molecule has 0 aromatic carbocycles. The first-order chi connectivity index (χ1) is 3.92. The molecular weight excluding hydrogens is 150 g/mol. The van der Waals surface area contributed by atoms with Gasteiger partial charge in [-0.1, -0.05) is 0 Å². The maximum absolute atomic E-state index is 5.47. The molecule has 0 aromatic heterocycles. The third-order valence-electron chi connectivity index (χ3n) is 0.779. The largest absolute Gasteiger partial charge is 0.374 e. The van der Waals surface area contributed by atoms with Crippen LogP contribution < -0.4 is 5.73 Å². The van der Waals surface area contributed by atoms with Gasteiger partial charge in [-0.3, -0.25) is 0 Å². The Balaban J connectivity index is 0. The van der Waals surface area contributed by atoms with Crippen molar-refractivity contribution >= 4 is 12.4 Å². The number of ether oxygens (including phenoxy) is 1. The number of nitrogens with two attached hydrogens (primary N) is 1. The molecule has 10 heavy (non-hydrogen) atoms. The van der Waals surface area contributed by atoms with E-state index in [0.29, 0.717) is 6.61 Å². The second-order valence-electron chi connectivity index (χ2n) is 3.40. The zero-order valence-electron chi connectivity index (χ0n) is 7.18. The number of hydrogen-bond acceptors (Lipinski definition) is 2. The van der Waals surface area contributed by atoms with Crippen LogP contribution in [0.3, 0.4) is 0 Å². The molecule has 0 bridgehead atoms. The molecule has 0 fully saturated rings. The molecule has 0 saturated carbocycles. The minimum atomic E-state index is -0.0480. The van der Waals surface area contributed by atoms with Gasteiger partial charge in [0, 0.05) is 6.04 Å². The van der Waals surface area contributed by atoms with Gasteiger partial charge in [0.2, 0.25) is 0 Å². The highest BCUT2D eigenvalue weighted by atomic mass is 35.5. The molecular formula is C7H18ClNO. The Kier molecular flexibility index (Phi) is 6.35. The molecule has 0 amide bonds. The summed E-state index contributed by atoms with van der Waals surface area (Å²) < 4.78 is 5.37. The van der Waals surface area contributed by atoms with E-state index in [9.17, 15) is 0 Å². The highest BCUT2D eigenvalue weighted by Gasteiger charge is 2.09. The van der Waals surface area contributed by atoms with Crippen LogP contribution in [0.5, 0.6) is 0 Å². The van der Waals surface area contributed by atoms with Gasteiger partial charge in [-0.05, 0) is 27.7 Å². The first-order valence-electron chi connectivity index (χ1n) is 3.31. The lowest BCUT2D eigenvalue weighted by Gasteiger charge is -2.20. The summed E-state index contributed by atoms with van der Waals surface area (Å²) in [7, 11) is 0. The van der Waals surface area contributed by atoms with Crippen LogP contribution >= 0.6 is 12.4 Å². The molecule has 0 unspecified atom stereocenters. The zero-order valence-corrected chi connectivity index (χ0v) is 7.99. The van der Waals surface area contributed by atoms with Crippen LogP contribution in [-0.2, 0) is 4.74 Å². The molecule has 0 aliphatic heterocycles. The Labute approximate surface area is 69.5 Å². The van der Waals surface area contributed by atoms with Gasteiger partial charge >= 0.3 is 0 Å². The highest BCUT2D eigenvalue weighted by Crippen LogP contribution is 2.05. The van der Waals surface area contributed by atoms with Gasteiger partial charge in [-0.15, -0.1) is 12.4 Å². The lowest BCUT2D eigenvalue weighted by Crippen LogP contribution is -2.29. The summed E-state index contributed by atoms with van der Waals surface area (Å²) in [4.78, 5) is 0. The molecule has 0 radical (unpaired) electrons. The summed E-state index contributed by atoms with van der Waals surface area (Å²) in [6, 6.07) is 0.143. The van der Waals surface area contributed by atoms with Gasteiger partial charge in [0.15, 0.2) is 0 Å². The lowest BCUT2D eigenvalue weighted by atomic mass is 10.2. The van der Waals surface area contributed by atoms with Crippen molar-refractivity contribution in [3.63, 3.8) is 0 Å². The van der Waals surface area contributed by atoms with Crippen molar-refractivity contribution in [2.24, 2.45) is 5.73 Å². The van der Waals surface area contributed by atoms with Gasteiger partial charge in [0.1, 0.15) is 0 Å². The third-order valence-corrected chi connectivity index (χ3v) is 0.779. The fourth-order valence-electron chi connectivity index (χ4n) is 0.381. The Hall–Kier alpha value is 0.210. The van der Waals surface area contributed by atoms with Crippen LogP contribution in [-0.4, -0.2) is 18.2 Å². The molecule has 0 rings (SSSR count). The Morgan fingerprint density at radius 3 is 1.90 bits per heavy atom. The minimum Gasteiger partial charge on any atom is -0.374 e. The van der Waals surface area contributed by atoms with Gasteiger partial charge in [-0.2, -0.15) is 0 Å².